The van der Waals surface area contributed by atoms with E-state index in [-0.39, 0.29) is 35.7 Å². The fourth-order valence-electron chi connectivity index (χ4n) is 3.24. The lowest BCUT2D eigenvalue weighted by Gasteiger charge is -2.30. The molecule has 0 aliphatic rings. The highest BCUT2D eigenvalue weighted by Gasteiger charge is 2.29. The highest BCUT2D eigenvalue weighted by molar-refractivity contribution is 5.73. The maximum absolute atomic E-state index is 12.3. The van der Waals surface area contributed by atoms with Crippen LogP contribution >= 0.6 is 0 Å². The van der Waals surface area contributed by atoms with Gasteiger partial charge in [0.1, 0.15) is 11.5 Å². The maximum atomic E-state index is 12.3. The molecule has 0 bridgehead atoms. The summed E-state index contributed by atoms with van der Waals surface area (Å²) in [5, 5.41) is 21.4. The number of non-ortho nitro benzene ring substituents is 2. The second kappa shape index (κ2) is 10.9. The minimum Gasteiger partial charge on any atom is -0.427 e. The van der Waals surface area contributed by atoms with Crippen molar-refractivity contribution in [3.05, 3.63) is 68.8 Å². The molecule has 10 heteroatoms. The van der Waals surface area contributed by atoms with E-state index in [1.54, 1.807) is 0 Å². The minimum absolute atomic E-state index is 0.0885. The predicted molar refractivity (Wildman–Crippen MR) is 123 cm³/mol. The number of esters is 2. The topological polar surface area (TPSA) is 139 Å². The molecule has 0 atom stereocenters. The minimum atomic E-state index is -0.530. The molecule has 2 rings (SSSR count). The molecule has 2 aromatic carbocycles. The summed E-state index contributed by atoms with van der Waals surface area (Å²) in [5.41, 5.74) is -0.988. The Morgan fingerprint density at radius 3 is 1.24 bits per heavy atom. The molecule has 0 saturated heterocycles. The van der Waals surface area contributed by atoms with Gasteiger partial charge < -0.3 is 9.47 Å². The summed E-state index contributed by atoms with van der Waals surface area (Å²) < 4.78 is 10.6. The van der Waals surface area contributed by atoms with E-state index in [4.69, 9.17) is 9.47 Å². The number of carbonyl (C=O) groups is 2. The Kier molecular flexibility index (Phi) is 8.45. The first-order chi connectivity index (χ1) is 15.8. The van der Waals surface area contributed by atoms with Crippen molar-refractivity contribution < 1.29 is 28.9 Å². The van der Waals surface area contributed by atoms with Gasteiger partial charge in [0.15, 0.2) is 0 Å². The standard InChI is InChI=1S/C24H28N2O8/c1-23(2,15-21(27)33-19-9-5-17(6-10-19)25(29)30)13-14-24(3,4)16-22(28)34-20-11-7-18(8-12-20)26(31)32/h5-12H,13-16H2,1-4H3. The lowest BCUT2D eigenvalue weighted by Crippen LogP contribution is -2.25. The normalized spacial score (nSPS) is 11.5. The van der Waals surface area contributed by atoms with Gasteiger partial charge in [0.25, 0.3) is 11.4 Å². The molecule has 0 spiro atoms. The number of rotatable bonds is 11. The average molecular weight is 472 g/mol. The maximum Gasteiger partial charge on any atom is 0.311 e. The second-order valence-electron chi connectivity index (χ2n) is 9.63. The van der Waals surface area contributed by atoms with Gasteiger partial charge in [0.05, 0.1) is 22.7 Å². The molecule has 2 aromatic rings. The number of nitrogens with zero attached hydrogens (tertiary/aromatic N) is 2. The number of carbonyl (C=O) groups excluding carboxylic acids is 2. The van der Waals surface area contributed by atoms with E-state index in [9.17, 15) is 29.8 Å². The lowest BCUT2D eigenvalue weighted by molar-refractivity contribution is -0.385. The van der Waals surface area contributed by atoms with Gasteiger partial charge in [-0.05, 0) is 47.9 Å². The number of benzene rings is 2. The lowest BCUT2D eigenvalue weighted by atomic mass is 9.76. The quantitative estimate of drug-likeness (QED) is 0.177. The third-order valence-corrected chi connectivity index (χ3v) is 5.28. The SMILES string of the molecule is CC(C)(CCC(C)(C)CC(=O)Oc1ccc([N+](=O)[O-])cc1)CC(=O)Oc1ccc([N+](=O)[O-])cc1. The fraction of sp³-hybridized carbons (Fsp3) is 0.417. The van der Waals surface area contributed by atoms with Gasteiger partial charge >= 0.3 is 11.9 Å². The van der Waals surface area contributed by atoms with Crippen LogP contribution in [-0.2, 0) is 9.59 Å². The highest BCUT2D eigenvalue weighted by Crippen LogP contribution is 2.36. The highest BCUT2D eigenvalue weighted by atomic mass is 16.6. The molecule has 182 valence electrons. The van der Waals surface area contributed by atoms with Crippen molar-refractivity contribution in [1.29, 1.82) is 0 Å². The van der Waals surface area contributed by atoms with E-state index < -0.39 is 32.6 Å². The zero-order chi connectivity index (χ0) is 25.5. The van der Waals surface area contributed by atoms with Gasteiger partial charge in [-0.25, -0.2) is 0 Å². The Morgan fingerprint density at radius 1 is 0.676 bits per heavy atom. The molecule has 0 unspecified atom stereocenters. The van der Waals surface area contributed by atoms with Crippen LogP contribution in [0.4, 0.5) is 11.4 Å². The molecule has 0 radical (unpaired) electrons. The smallest absolute Gasteiger partial charge is 0.311 e. The van der Waals surface area contributed by atoms with E-state index in [2.05, 4.69) is 0 Å². The first-order valence-electron chi connectivity index (χ1n) is 10.7. The van der Waals surface area contributed by atoms with Crippen LogP contribution in [0.2, 0.25) is 0 Å². The van der Waals surface area contributed by atoms with E-state index in [1.165, 1.54) is 48.5 Å². The largest absolute Gasteiger partial charge is 0.427 e. The van der Waals surface area contributed by atoms with Crippen molar-refractivity contribution in [1.82, 2.24) is 0 Å². The summed E-state index contributed by atoms with van der Waals surface area (Å²) in [5.74, 6) is -0.426. The molecule has 0 aliphatic carbocycles. The third kappa shape index (κ3) is 8.61. The summed E-state index contributed by atoms with van der Waals surface area (Å²) in [6, 6.07) is 10.6. The van der Waals surface area contributed by atoms with Crippen molar-refractivity contribution in [3.8, 4) is 11.5 Å². The molecule has 0 saturated carbocycles. The molecule has 0 heterocycles. The van der Waals surface area contributed by atoms with E-state index >= 15 is 0 Å². The molecule has 0 amide bonds. The van der Waals surface area contributed by atoms with Gasteiger partial charge in [-0.3, -0.25) is 29.8 Å². The van der Waals surface area contributed by atoms with Crippen LogP contribution in [0.25, 0.3) is 0 Å². The van der Waals surface area contributed by atoms with Gasteiger partial charge in [-0.2, -0.15) is 0 Å². The third-order valence-electron chi connectivity index (χ3n) is 5.28. The first kappa shape index (κ1) is 26.4. The molecule has 0 aromatic heterocycles. The van der Waals surface area contributed by atoms with Gasteiger partial charge in [-0.1, -0.05) is 27.7 Å². The van der Waals surface area contributed by atoms with Crippen LogP contribution in [0, 0.1) is 31.1 Å². The van der Waals surface area contributed by atoms with Gasteiger partial charge in [0, 0.05) is 24.3 Å². The van der Waals surface area contributed by atoms with Crippen molar-refractivity contribution in [3.63, 3.8) is 0 Å². The molecule has 0 N–H and O–H groups in total. The van der Waals surface area contributed by atoms with E-state index in [0.717, 1.165) is 0 Å². The summed E-state index contributed by atoms with van der Waals surface area (Å²) in [6.45, 7) is 7.70. The van der Waals surface area contributed by atoms with Gasteiger partial charge in [0.2, 0.25) is 0 Å². The predicted octanol–water partition coefficient (Wildman–Crippen LogP) is 5.63. The molecule has 34 heavy (non-hydrogen) atoms. The molecule has 10 nitrogen and oxygen atoms in total. The van der Waals surface area contributed by atoms with Crippen LogP contribution in [-0.4, -0.2) is 21.8 Å². The van der Waals surface area contributed by atoms with Crippen LogP contribution in [0.15, 0.2) is 48.5 Å². The van der Waals surface area contributed by atoms with Crippen LogP contribution < -0.4 is 9.47 Å². The Balaban J connectivity index is 1.83. The van der Waals surface area contributed by atoms with E-state index in [0.29, 0.717) is 12.8 Å². The number of hydrogen-bond acceptors (Lipinski definition) is 8. The van der Waals surface area contributed by atoms with Crippen LogP contribution in [0.3, 0.4) is 0 Å². The zero-order valence-corrected chi connectivity index (χ0v) is 19.6. The van der Waals surface area contributed by atoms with E-state index in [1.807, 2.05) is 27.7 Å². The van der Waals surface area contributed by atoms with Crippen LogP contribution in [0.1, 0.15) is 53.4 Å². The molecular formula is C24H28N2O8. The summed E-state index contributed by atoms with van der Waals surface area (Å²) >= 11 is 0. The summed E-state index contributed by atoms with van der Waals surface area (Å²) in [4.78, 5) is 45.1. The van der Waals surface area contributed by atoms with Gasteiger partial charge in [-0.15, -0.1) is 0 Å². The average Bonchev–Trinajstić information content (AvgIpc) is 2.72. The number of nitro groups is 2. The Morgan fingerprint density at radius 2 is 0.971 bits per heavy atom. The van der Waals surface area contributed by atoms with Crippen molar-refractivity contribution in [2.45, 2.75) is 53.4 Å². The molecule has 0 aliphatic heterocycles. The second-order valence-corrected chi connectivity index (χ2v) is 9.63. The number of ether oxygens (including phenoxy) is 2. The molecule has 0 fully saturated rings. The number of hydrogen-bond donors (Lipinski definition) is 0. The monoisotopic (exact) mass is 472 g/mol. The Bertz CT molecular complexity index is 958. The van der Waals surface area contributed by atoms with Crippen molar-refractivity contribution >= 4 is 23.3 Å². The first-order valence-corrected chi connectivity index (χ1v) is 10.7. The zero-order valence-electron chi connectivity index (χ0n) is 19.6. The summed E-state index contributed by atoms with van der Waals surface area (Å²) in [7, 11) is 0. The van der Waals surface area contributed by atoms with Crippen LogP contribution in [0.5, 0.6) is 11.5 Å². The Hall–Kier alpha value is -3.82. The number of nitro benzene ring substituents is 2. The Labute approximate surface area is 197 Å². The van der Waals surface area contributed by atoms with Crippen molar-refractivity contribution in [2.24, 2.45) is 10.8 Å². The van der Waals surface area contributed by atoms with Crippen molar-refractivity contribution in [2.75, 3.05) is 0 Å². The molecular weight excluding hydrogens is 444 g/mol. The fourth-order valence-corrected chi connectivity index (χ4v) is 3.24. The summed E-state index contributed by atoms with van der Waals surface area (Å²) in [6.07, 6.45) is 1.54.